The van der Waals surface area contributed by atoms with Gasteiger partial charge >= 0.3 is 21.7 Å². The van der Waals surface area contributed by atoms with E-state index in [0.717, 1.165) is 30.9 Å². The lowest BCUT2D eigenvalue weighted by Gasteiger charge is -2.61. The van der Waals surface area contributed by atoms with Gasteiger partial charge in [0.15, 0.2) is 0 Å². The fourth-order valence-electron chi connectivity index (χ4n) is 6.03. The number of pyridine rings is 1. The minimum absolute atomic E-state index is 0.174. The number of rotatable bonds is 2. The first-order valence-electron chi connectivity index (χ1n) is 11.2. The molecule has 2 heterocycles. The van der Waals surface area contributed by atoms with Crippen LogP contribution < -0.4 is 4.18 Å². The molecule has 1 saturated heterocycles. The summed E-state index contributed by atoms with van der Waals surface area (Å²) in [6, 6.07) is 2.73. The SMILES string of the molecule is CC1CC2Cc3nc(OS(=O)(=O)C(F)(F)F)ccc3C3(C1)C2CCCN3C(=O)OC(C)(C)C. The summed E-state index contributed by atoms with van der Waals surface area (Å²) in [5, 5.41) is 0. The molecule has 11 heteroatoms. The molecule has 0 spiro atoms. The van der Waals surface area contributed by atoms with Crippen LogP contribution in [0.15, 0.2) is 12.1 Å². The topological polar surface area (TPSA) is 85.8 Å². The van der Waals surface area contributed by atoms with Crippen molar-refractivity contribution in [2.45, 2.75) is 76.4 Å². The van der Waals surface area contributed by atoms with E-state index in [4.69, 9.17) is 4.74 Å². The fourth-order valence-corrected chi connectivity index (χ4v) is 6.44. The molecular formula is C22H29F3N2O5S. The number of likely N-dealkylation sites (tertiary alicyclic amines) is 1. The van der Waals surface area contributed by atoms with Crippen molar-refractivity contribution in [2.75, 3.05) is 6.54 Å². The molecule has 1 aromatic rings. The van der Waals surface area contributed by atoms with Crippen LogP contribution in [0.4, 0.5) is 18.0 Å². The average Bonchev–Trinajstić information content (AvgIpc) is 2.64. The molecule has 2 bridgehead atoms. The number of carbonyl (C=O) groups excluding carboxylic acids is 1. The summed E-state index contributed by atoms with van der Waals surface area (Å²) in [6.45, 7) is 8.05. The van der Waals surface area contributed by atoms with Crippen LogP contribution in [-0.2, 0) is 26.8 Å². The van der Waals surface area contributed by atoms with E-state index in [0.29, 0.717) is 31.0 Å². The van der Waals surface area contributed by atoms with Crippen LogP contribution in [0.5, 0.6) is 5.88 Å². The van der Waals surface area contributed by atoms with E-state index < -0.39 is 38.7 Å². The van der Waals surface area contributed by atoms with Gasteiger partial charge in [-0.1, -0.05) is 6.92 Å². The lowest BCUT2D eigenvalue weighted by atomic mass is 9.53. The molecule has 0 aromatic carbocycles. The number of alkyl halides is 3. The van der Waals surface area contributed by atoms with Crippen molar-refractivity contribution < 1.29 is 35.3 Å². The van der Waals surface area contributed by atoms with E-state index in [2.05, 4.69) is 16.1 Å². The second-order valence-corrected chi connectivity index (χ2v) is 12.0. The smallest absolute Gasteiger partial charge is 0.444 e. The summed E-state index contributed by atoms with van der Waals surface area (Å²) in [5.74, 6) is 0.0547. The Kier molecular flexibility index (Phi) is 5.66. The Bertz CT molecular complexity index is 1050. The van der Waals surface area contributed by atoms with Gasteiger partial charge in [-0.05, 0) is 82.3 Å². The molecule has 184 valence electrons. The maximum Gasteiger partial charge on any atom is 0.534 e. The van der Waals surface area contributed by atoms with Crippen molar-refractivity contribution in [3.05, 3.63) is 23.4 Å². The number of piperidine rings is 1. The van der Waals surface area contributed by atoms with Gasteiger partial charge in [-0.25, -0.2) is 9.78 Å². The standard InChI is InChI=1S/C22H29F3N2O5S/c1-13-10-14-11-17-16(7-8-18(26-17)32-33(29,30)22(23,24)25)21(12-13)15(14)6-5-9-27(21)19(28)31-20(2,3)4/h7-8,13-15H,5-6,9-12H2,1-4H3. The summed E-state index contributed by atoms with van der Waals surface area (Å²) in [4.78, 5) is 19.3. The van der Waals surface area contributed by atoms with Crippen LogP contribution >= 0.6 is 0 Å². The van der Waals surface area contributed by atoms with Crippen molar-refractivity contribution in [3.63, 3.8) is 0 Å². The lowest BCUT2D eigenvalue weighted by molar-refractivity contribution is -0.0934. The first kappa shape index (κ1) is 24.1. The van der Waals surface area contributed by atoms with Gasteiger partial charge in [0.1, 0.15) is 5.60 Å². The number of ether oxygens (including phenoxy) is 1. The van der Waals surface area contributed by atoms with E-state index in [-0.39, 0.29) is 11.8 Å². The minimum Gasteiger partial charge on any atom is -0.444 e. The summed E-state index contributed by atoms with van der Waals surface area (Å²) in [7, 11) is -5.82. The fraction of sp³-hybridized carbons (Fsp3) is 0.727. The van der Waals surface area contributed by atoms with E-state index in [1.165, 1.54) is 0 Å². The number of fused-ring (bicyclic) bond motifs is 1. The molecule has 0 N–H and O–H groups in total. The molecule has 3 aliphatic rings. The van der Waals surface area contributed by atoms with Gasteiger partial charge in [-0.2, -0.15) is 21.6 Å². The summed E-state index contributed by atoms with van der Waals surface area (Å²) >= 11 is 0. The first-order valence-corrected chi connectivity index (χ1v) is 12.6. The van der Waals surface area contributed by atoms with Gasteiger partial charge in [0.25, 0.3) is 0 Å². The molecule has 1 aromatic heterocycles. The van der Waals surface area contributed by atoms with Gasteiger partial charge in [-0.15, -0.1) is 0 Å². The van der Waals surface area contributed by atoms with E-state index in [9.17, 15) is 26.4 Å². The third kappa shape index (κ3) is 4.17. The molecule has 7 nitrogen and oxygen atoms in total. The zero-order valence-electron chi connectivity index (χ0n) is 19.1. The number of hydrogen-bond acceptors (Lipinski definition) is 6. The van der Waals surface area contributed by atoms with E-state index in [1.807, 2.05) is 0 Å². The number of nitrogens with zero attached hydrogens (tertiary/aromatic N) is 2. The molecule has 1 amide bonds. The van der Waals surface area contributed by atoms with E-state index in [1.54, 1.807) is 31.7 Å². The number of amides is 1. The van der Waals surface area contributed by atoms with Gasteiger partial charge < -0.3 is 8.92 Å². The van der Waals surface area contributed by atoms with Crippen molar-refractivity contribution in [1.29, 1.82) is 0 Å². The summed E-state index contributed by atoms with van der Waals surface area (Å²) < 4.78 is 71.3. The molecule has 1 saturated carbocycles. The maximum atomic E-state index is 13.3. The van der Waals surface area contributed by atoms with Crippen LogP contribution in [0.3, 0.4) is 0 Å². The number of carbonyl (C=O) groups is 1. The third-order valence-electron chi connectivity index (χ3n) is 6.89. The molecule has 4 unspecified atom stereocenters. The summed E-state index contributed by atoms with van der Waals surface area (Å²) in [6.07, 6.45) is 3.43. The molecule has 1 aliphatic heterocycles. The monoisotopic (exact) mass is 490 g/mol. The molecular weight excluding hydrogens is 461 g/mol. The Morgan fingerprint density at radius 3 is 2.58 bits per heavy atom. The van der Waals surface area contributed by atoms with Gasteiger partial charge in [0.2, 0.25) is 5.88 Å². The van der Waals surface area contributed by atoms with Gasteiger partial charge in [0.05, 0.1) is 11.2 Å². The molecule has 2 fully saturated rings. The number of hydrogen-bond donors (Lipinski definition) is 0. The van der Waals surface area contributed by atoms with Gasteiger partial charge in [0, 0.05) is 12.6 Å². The summed E-state index contributed by atoms with van der Waals surface area (Å²) in [5.41, 5.74) is -5.69. The van der Waals surface area contributed by atoms with Crippen molar-refractivity contribution >= 4 is 16.2 Å². The van der Waals surface area contributed by atoms with Crippen LogP contribution in [0.25, 0.3) is 0 Å². The zero-order valence-corrected chi connectivity index (χ0v) is 19.9. The quantitative estimate of drug-likeness (QED) is 0.439. The van der Waals surface area contributed by atoms with Crippen LogP contribution in [-0.4, -0.2) is 42.0 Å². The zero-order chi connectivity index (χ0) is 24.4. The Labute approximate surface area is 191 Å². The molecule has 4 atom stereocenters. The highest BCUT2D eigenvalue weighted by atomic mass is 32.2. The average molecular weight is 491 g/mol. The Morgan fingerprint density at radius 2 is 1.94 bits per heavy atom. The number of aromatic nitrogens is 1. The third-order valence-corrected chi connectivity index (χ3v) is 7.85. The maximum absolute atomic E-state index is 13.3. The lowest BCUT2D eigenvalue weighted by Crippen LogP contribution is -2.64. The Hall–Kier alpha value is -2.04. The van der Waals surface area contributed by atoms with Crippen LogP contribution in [0.2, 0.25) is 0 Å². The second-order valence-electron chi connectivity index (χ2n) is 10.4. The highest BCUT2D eigenvalue weighted by molar-refractivity contribution is 7.87. The molecule has 2 aliphatic carbocycles. The predicted octanol–water partition coefficient (Wildman–Crippen LogP) is 4.75. The molecule has 4 rings (SSSR count). The normalized spacial score (nSPS) is 29.7. The van der Waals surface area contributed by atoms with Gasteiger partial charge in [-0.3, -0.25) is 4.90 Å². The largest absolute Gasteiger partial charge is 0.534 e. The number of halogens is 3. The Balaban J connectivity index is 1.79. The minimum atomic E-state index is -5.82. The van der Waals surface area contributed by atoms with Crippen LogP contribution in [0, 0.1) is 17.8 Å². The van der Waals surface area contributed by atoms with E-state index >= 15 is 0 Å². The van der Waals surface area contributed by atoms with Crippen LogP contribution in [0.1, 0.15) is 64.6 Å². The van der Waals surface area contributed by atoms with Crippen molar-refractivity contribution in [2.24, 2.45) is 17.8 Å². The molecule has 0 radical (unpaired) electrons. The molecule has 33 heavy (non-hydrogen) atoms. The highest BCUT2D eigenvalue weighted by Crippen LogP contribution is 2.59. The predicted molar refractivity (Wildman–Crippen MR) is 113 cm³/mol. The Morgan fingerprint density at radius 1 is 1.24 bits per heavy atom. The first-order chi connectivity index (χ1) is 15.1. The second kappa shape index (κ2) is 7.74. The van der Waals surface area contributed by atoms with Crippen molar-refractivity contribution in [3.8, 4) is 5.88 Å². The van der Waals surface area contributed by atoms with Crippen molar-refractivity contribution in [1.82, 2.24) is 9.88 Å². The highest BCUT2D eigenvalue weighted by Gasteiger charge is 2.59.